The lowest BCUT2D eigenvalue weighted by Gasteiger charge is -2.06. The summed E-state index contributed by atoms with van der Waals surface area (Å²) in [6.07, 6.45) is 1.56. The van der Waals surface area contributed by atoms with Crippen molar-refractivity contribution in [1.29, 1.82) is 0 Å². The lowest BCUT2D eigenvalue weighted by atomic mass is 10.2. The van der Waals surface area contributed by atoms with Gasteiger partial charge in [-0.1, -0.05) is 66.2 Å². The number of benzene rings is 3. The van der Waals surface area contributed by atoms with Crippen LogP contribution in [0.5, 0.6) is 5.75 Å². The van der Waals surface area contributed by atoms with Gasteiger partial charge in [-0.25, -0.2) is 5.43 Å². The summed E-state index contributed by atoms with van der Waals surface area (Å²) in [5.74, 6) is 0.374. The summed E-state index contributed by atoms with van der Waals surface area (Å²) < 4.78 is 5.78. The highest BCUT2D eigenvalue weighted by atomic mass is 35.5. The van der Waals surface area contributed by atoms with Crippen LogP contribution in [0.3, 0.4) is 0 Å². The maximum Gasteiger partial charge on any atom is 0.272 e. The van der Waals surface area contributed by atoms with E-state index in [-0.39, 0.29) is 5.91 Å². The molecule has 1 amide bonds. The molecule has 0 saturated carbocycles. The molecule has 130 valence electrons. The van der Waals surface area contributed by atoms with Crippen molar-refractivity contribution in [3.05, 3.63) is 101 Å². The molecule has 0 heterocycles. The number of ether oxygens (including phenoxy) is 1. The summed E-state index contributed by atoms with van der Waals surface area (Å²) in [4.78, 5) is 12.0. The number of nitrogens with one attached hydrogen (secondary N) is 1. The van der Waals surface area contributed by atoms with Gasteiger partial charge < -0.3 is 4.74 Å². The highest BCUT2D eigenvalue weighted by molar-refractivity contribution is 6.33. The predicted octanol–water partition coefficient (Wildman–Crippen LogP) is 4.68. The van der Waals surface area contributed by atoms with Crippen LogP contribution in [-0.4, -0.2) is 12.1 Å². The molecular weight excluding hydrogens is 348 g/mol. The normalized spacial score (nSPS) is 10.7. The van der Waals surface area contributed by atoms with Crippen molar-refractivity contribution in [2.24, 2.45) is 5.10 Å². The average Bonchev–Trinajstić information content (AvgIpc) is 2.68. The molecule has 3 aromatic carbocycles. The highest BCUT2D eigenvalue weighted by Gasteiger charge is 2.07. The van der Waals surface area contributed by atoms with E-state index in [2.05, 4.69) is 10.5 Å². The first kappa shape index (κ1) is 17.7. The third-order valence-corrected chi connectivity index (χ3v) is 3.93. The summed E-state index contributed by atoms with van der Waals surface area (Å²) in [6.45, 7) is 0.491. The van der Waals surface area contributed by atoms with Crippen LogP contribution < -0.4 is 10.2 Å². The van der Waals surface area contributed by atoms with E-state index in [1.165, 1.54) is 0 Å². The van der Waals surface area contributed by atoms with Crippen molar-refractivity contribution in [3.8, 4) is 5.75 Å². The molecule has 3 rings (SSSR count). The molecular formula is C21H17ClN2O2. The largest absolute Gasteiger partial charge is 0.489 e. The predicted molar refractivity (Wildman–Crippen MR) is 104 cm³/mol. The SMILES string of the molecule is O=C(NN=Cc1cccc(OCc2ccccc2)c1)c1ccccc1Cl. The van der Waals surface area contributed by atoms with Crippen molar-refractivity contribution in [2.75, 3.05) is 0 Å². The van der Waals surface area contributed by atoms with E-state index >= 15 is 0 Å². The average molecular weight is 365 g/mol. The molecule has 3 aromatic rings. The molecule has 0 saturated heterocycles. The first-order chi connectivity index (χ1) is 12.7. The highest BCUT2D eigenvalue weighted by Crippen LogP contribution is 2.15. The summed E-state index contributed by atoms with van der Waals surface area (Å²) in [5.41, 5.74) is 4.76. The smallest absolute Gasteiger partial charge is 0.272 e. The maximum atomic E-state index is 12.0. The van der Waals surface area contributed by atoms with Gasteiger partial charge in [-0.15, -0.1) is 0 Å². The van der Waals surface area contributed by atoms with Gasteiger partial charge in [0.25, 0.3) is 5.91 Å². The van der Waals surface area contributed by atoms with Gasteiger partial charge in [0.1, 0.15) is 12.4 Å². The molecule has 0 atom stereocenters. The summed E-state index contributed by atoms with van der Waals surface area (Å²) in [7, 11) is 0. The Kier molecular flexibility index (Phi) is 6.01. The first-order valence-corrected chi connectivity index (χ1v) is 8.45. The number of carbonyl (C=O) groups is 1. The number of halogens is 1. The van der Waals surface area contributed by atoms with Gasteiger partial charge in [-0.05, 0) is 35.4 Å². The topological polar surface area (TPSA) is 50.7 Å². The fourth-order valence-corrected chi connectivity index (χ4v) is 2.52. The molecule has 0 radical (unpaired) electrons. The fraction of sp³-hybridized carbons (Fsp3) is 0.0476. The van der Waals surface area contributed by atoms with Crippen LogP contribution in [0.4, 0.5) is 0 Å². The van der Waals surface area contributed by atoms with E-state index in [9.17, 15) is 4.79 Å². The monoisotopic (exact) mass is 364 g/mol. The standard InChI is InChI=1S/C21H17ClN2O2/c22-20-12-5-4-11-19(20)21(25)24-23-14-17-9-6-10-18(13-17)26-15-16-7-2-1-3-8-16/h1-14H,15H2,(H,24,25). The van der Waals surface area contributed by atoms with Crippen LogP contribution in [0, 0.1) is 0 Å². The number of rotatable bonds is 6. The van der Waals surface area contributed by atoms with Gasteiger partial charge in [-0.3, -0.25) is 4.79 Å². The van der Waals surface area contributed by atoms with Crippen LogP contribution in [0.1, 0.15) is 21.5 Å². The lowest BCUT2D eigenvalue weighted by Crippen LogP contribution is -2.17. The zero-order valence-corrected chi connectivity index (χ0v) is 14.7. The van der Waals surface area contributed by atoms with Crippen LogP contribution >= 0.6 is 11.6 Å². The molecule has 1 N–H and O–H groups in total. The van der Waals surface area contributed by atoms with Crippen LogP contribution in [0.15, 0.2) is 84.0 Å². The molecule has 0 fully saturated rings. The van der Waals surface area contributed by atoms with Gasteiger partial charge in [-0.2, -0.15) is 5.10 Å². The van der Waals surface area contributed by atoms with E-state index in [4.69, 9.17) is 16.3 Å². The first-order valence-electron chi connectivity index (χ1n) is 8.07. The molecule has 4 nitrogen and oxygen atoms in total. The molecule has 0 aliphatic carbocycles. The number of hydrogen-bond donors (Lipinski definition) is 1. The molecule has 0 aliphatic rings. The minimum Gasteiger partial charge on any atom is -0.489 e. The third kappa shape index (κ3) is 4.94. The Morgan fingerprint density at radius 3 is 2.58 bits per heavy atom. The van der Waals surface area contributed by atoms with Gasteiger partial charge in [0.05, 0.1) is 16.8 Å². The number of nitrogens with zero attached hydrogens (tertiary/aromatic N) is 1. The Hall–Kier alpha value is -3.11. The number of carbonyl (C=O) groups excluding carboxylic acids is 1. The summed E-state index contributed by atoms with van der Waals surface area (Å²) in [6, 6.07) is 24.2. The Bertz CT molecular complexity index is 911. The molecule has 5 heteroatoms. The van der Waals surface area contributed by atoms with Crippen molar-refractivity contribution >= 4 is 23.7 Å². The Morgan fingerprint density at radius 2 is 1.77 bits per heavy atom. The van der Waals surface area contributed by atoms with Crippen LogP contribution in [-0.2, 0) is 6.61 Å². The molecule has 0 spiro atoms. The summed E-state index contributed by atoms with van der Waals surface area (Å²) in [5, 5.41) is 4.37. The zero-order chi connectivity index (χ0) is 18.2. The van der Waals surface area contributed by atoms with Crippen LogP contribution in [0.25, 0.3) is 0 Å². The van der Waals surface area contributed by atoms with E-state index < -0.39 is 0 Å². The van der Waals surface area contributed by atoms with E-state index in [0.29, 0.717) is 17.2 Å². The van der Waals surface area contributed by atoms with Crippen molar-refractivity contribution in [1.82, 2.24) is 5.43 Å². The molecule has 0 unspecified atom stereocenters. The lowest BCUT2D eigenvalue weighted by molar-refractivity contribution is 0.0955. The van der Waals surface area contributed by atoms with Gasteiger partial charge in [0.15, 0.2) is 0 Å². The van der Waals surface area contributed by atoms with Crippen LogP contribution in [0.2, 0.25) is 5.02 Å². The quantitative estimate of drug-likeness (QED) is 0.510. The fourth-order valence-electron chi connectivity index (χ4n) is 2.30. The Labute approximate surface area is 157 Å². The van der Waals surface area contributed by atoms with E-state index in [1.54, 1.807) is 30.5 Å². The second-order valence-electron chi connectivity index (χ2n) is 5.53. The maximum absolute atomic E-state index is 12.0. The van der Waals surface area contributed by atoms with Gasteiger partial charge in [0.2, 0.25) is 0 Å². The van der Waals surface area contributed by atoms with Gasteiger partial charge >= 0.3 is 0 Å². The zero-order valence-electron chi connectivity index (χ0n) is 13.9. The Balaban J connectivity index is 1.59. The summed E-state index contributed by atoms with van der Waals surface area (Å²) >= 11 is 5.99. The molecule has 0 bridgehead atoms. The second kappa shape index (κ2) is 8.83. The van der Waals surface area contributed by atoms with Gasteiger partial charge in [0, 0.05) is 0 Å². The number of hydrazone groups is 1. The van der Waals surface area contributed by atoms with E-state index in [1.807, 2.05) is 54.6 Å². The van der Waals surface area contributed by atoms with Crippen molar-refractivity contribution in [2.45, 2.75) is 6.61 Å². The number of amides is 1. The Morgan fingerprint density at radius 1 is 1.00 bits per heavy atom. The minimum absolute atomic E-state index is 0.358. The third-order valence-electron chi connectivity index (χ3n) is 3.60. The van der Waals surface area contributed by atoms with Crippen molar-refractivity contribution in [3.63, 3.8) is 0 Å². The second-order valence-corrected chi connectivity index (χ2v) is 5.93. The van der Waals surface area contributed by atoms with Crippen molar-refractivity contribution < 1.29 is 9.53 Å². The van der Waals surface area contributed by atoms with E-state index in [0.717, 1.165) is 16.9 Å². The molecule has 0 aliphatic heterocycles. The minimum atomic E-state index is -0.358. The molecule has 0 aromatic heterocycles. The number of hydrogen-bond acceptors (Lipinski definition) is 3. The molecule has 26 heavy (non-hydrogen) atoms.